The highest BCUT2D eigenvalue weighted by Gasteiger charge is 2.18. The molecule has 0 saturated carbocycles. The number of urea groups is 1. The van der Waals surface area contributed by atoms with Crippen LogP contribution in [0.25, 0.3) is 0 Å². The number of aliphatic hydroxyl groups excluding tert-OH is 2. The van der Waals surface area contributed by atoms with Crippen LogP contribution in [0.1, 0.15) is 12.5 Å². The van der Waals surface area contributed by atoms with Gasteiger partial charge in [0.15, 0.2) is 5.12 Å². The molecule has 0 radical (unpaired) electrons. The maximum atomic E-state index is 12.3. The van der Waals surface area contributed by atoms with E-state index >= 15 is 0 Å². The molecule has 1 aromatic carbocycles. The Labute approximate surface area is 140 Å². The summed E-state index contributed by atoms with van der Waals surface area (Å²) in [4.78, 5) is 24.8. The van der Waals surface area contributed by atoms with Gasteiger partial charge in [-0.15, -0.1) is 0 Å². The number of benzene rings is 1. The first kappa shape index (κ1) is 19.5. The highest BCUT2D eigenvalue weighted by Crippen LogP contribution is 2.10. The van der Waals surface area contributed by atoms with Gasteiger partial charge in [-0.05, 0) is 12.0 Å². The summed E-state index contributed by atoms with van der Waals surface area (Å²) in [5.74, 6) is 0.474. The summed E-state index contributed by atoms with van der Waals surface area (Å²) in [5.41, 5.74) is 1.07. The molecule has 0 heterocycles. The van der Waals surface area contributed by atoms with E-state index in [9.17, 15) is 9.59 Å². The van der Waals surface area contributed by atoms with E-state index < -0.39 is 0 Å². The molecular formula is C16H24N2O4S. The van der Waals surface area contributed by atoms with Crippen molar-refractivity contribution < 1.29 is 19.8 Å². The lowest BCUT2D eigenvalue weighted by atomic mass is 10.1. The zero-order valence-corrected chi connectivity index (χ0v) is 14.1. The zero-order chi connectivity index (χ0) is 17.1. The minimum Gasteiger partial charge on any atom is -0.395 e. The van der Waals surface area contributed by atoms with Crippen molar-refractivity contribution in [2.75, 3.05) is 32.1 Å². The first-order valence-corrected chi connectivity index (χ1v) is 8.49. The van der Waals surface area contributed by atoms with Crippen molar-refractivity contribution in [3.05, 3.63) is 35.9 Å². The van der Waals surface area contributed by atoms with Crippen LogP contribution in [0.2, 0.25) is 0 Å². The number of hydrogen-bond donors (Lipinski definition) is 3. The van der Waals surface area contributed by atoms with Crippen LogP contribution in [0.5, 0.6) is 0 Å². The fourth-order valence-corrected chi connectivity index (χ4v) is 2.73. The van der Waals surface area contributed by atoms with Gasteiger partial charge < -0.3 is 20.4 Å². The van der Waals surface area contributed by atoms with E-state index in [4.69, 9.17) is 10.2 Å². The number of carbonyl (C=O) groups excluding carboxylic acids is 2. The van der Waals surface area contributed by atoms with Gasteiger partial charge in [-0.25, -0.2) is 4.79 Å². The van der Waals surface area contributed by atoms with Crippen molar-refractivity contribution in [3.63, 3.8) is 0 Å². The quantitative estimate of drug-likeness (QED) is 0.621. The van der Waals surface area contributed by atoms with Gasteiger partial charge in [0.2, 0.25) is 0 Å². The van der Waals surface area contributed by atoms with E-state index in [1.165, 1.54) is 23.6 Å². The molecule has 128 valence electrons. The second kappa shape index (κ2) is 11.0. The summed E-state index contributed by atoms with van der Waals surface area (Å²) in [6.07, 6.45) is 0.610. The number of amides is 2. The Morgan fingerprint density at radius 3 is 2.30 bits per heavy atom. The van der Waals surface area contributed by atoms with E-state index in [2.05, 4.69) is 5.32 Å². The molecule has 3 N–H and O–H groups in total. The first-order chi connectivity index (χ1) is 11.1. The summed E-state index contributed by atoms with van der Waals surface area (Å²) in [7, 11) is 0. The summed E-state index contributed by atoms with van der Waals surface area (Å²) in [6.45, 7) is 1.47. The average Bonchev–Trinajstić information content (AvgIpc) is 2.53. The van der Waals surface area contributed by atoms with Crippen LogP contribution in [-0.2, 0) is 11.2 Å². The maximum Gasteiger partial charge on any atom is 0.317 e. The molecule has 0 aromatic heterocycles. The normalized spacial score (nSPS) is 11.8. The van der Waals surface area contributed by atoms with Gasteiger partial charge in [0, 0.05) is 31.8 Å². The van der Waals surface area contributed by atoms with E-state index in [-0.39, 0.29) is 43.5 Å². The standard InChI is InChI=1S/C16H24N2O4S/c1-13(21)23-12-15(11-14-5-3-2-4-6-14)17-16(22)18(7-9-19)8-10-20/h2-6,15,19-20H,7-12H2,1H3,(H,17,22). The number of hydrogen-bond acceptors (Lipinski definition) is 5. The van der Waals surface area contributed by atoms with Crippen LogP contribution < -0.4 is 5.32 Å². The zero-order valence-electron chi connectivity index (χ0n) is 13.3. The lowest BCUT2D eigenvalue weighted by molar-refractivity contribution is -0.109. The van der Waals surface area contributed by atoms with Crippen molar-refractivity contribution in [1.82, 2.24) is 10.2 Å². The van der Waals surface area contributed by atoms with E-state index in [0.717, 1.165) is 5.56 Å². The number of rotatable bonds is 9. The molecule has 0 saturated heterocycles. The van der Waals surface area contributed by atoms with E-state index in [0.29, 0.717) is 12.2 Å². The Balaban J connectivity index is 2.70. The second-order valence-corrected chi connectivity index (χ2v) is 6.27. The Hall–Kier alpha value is -1.57. The van der Waals surface area contributed by atoms with Gasteiger partial charge >= 0.3 is 6.03 Å². The van der Waals surface area contributed by atoms with Crippen LogP contribution in [0.3, 0.4) is 0 Å². The van der Waals surface area contributed by atoms with Gasteiger partial charge in [-0.1, -0.05) is 42.1 Å². The number of carbonyl (C=O) groups is 2. The molecule has 1 rings (SSSR count). The van der Waals surface area contributed by atoms with Crippen LogP contribution in [0.4, 0.5) is 4.79 Å². The Morgan fingerprint density at radius 2 is 1.78 bits per heavy atom. The highest BCUT2D eigenvalue weighted by molar-refractivity contribution is 8.13. The van der Waals surface area contributed by atoms with Crippen molar-refractivity contribution in [1.29, 1.82) is 0 Å². The number of nitrogens with one attached hydrogen (secondary N) is 1. The Morgan fingerprint density at radius 1 is 1.17 bits per heavy atom. The van der Waals surface area contributed by atoms with Crippen molar-refractivity contribution in [2.24, 2.45) is 0 Å². The fourth-order valence-electron chi connectivity index (χ4n) is 2.09. The minimum atomic E-state index is -0.349. The summed E-state index contributed by atoms with van der Waals surface area (Å²) in [5, 5.41) is 20.9. The molecular weight excluding hydrogens is 316 g/mol. The summed E-state index contributed by atoms with van der Waals surface area (Å²) >= 11 is 1.17. The molecule has 23 heavy (non-hydrogen) atoms. The molecule has 7 heteroatoms. The maximum absolute atomic E-state index is 12.3. The largest absolute Gasteiger partial charge is 0.395 e. The van der Waals surface area contributed by atoms with Crippen molar-refractivity contribution >= 4 is 22.9 Å². The molecule has 1 atom stereocenters. The Bertz CT molecular complexity index is 478. The molecule has 0 aliphatic carbocycles. The molecule has 6 nitrogen and oxygen atoms in total. The Kier molecular flexibility index (Phi) is 9.35. The van der Waals surface area contributed by atoms with Gasteiger partial charge in [0.05, 0.1) is 13.2 Å². The summed E-state index contributed by atoms with van der Waals surface area (Å²) in [6, 6.07) is 9.16. The molecule has 0 aliphatic heterocycles. The van der Waals surface area contributed by atoms with Crippen molar-refractivity contribution in [3.8, 4) is 0 Å². The molecule has 0 spiro atoms. The van der Waals surface area contributed by atoms with Crippen LogP contribution in [0.15, 0.2) is 30.3 Å². The van der Waals surface area contributed by atoms with E-state index in [1.54, 1.807) is 0 Å². The first-order valence-electron chi connectivity index (χ1n) is 7.51. The predicted octanol–water partition coefficient (Wildman–Crippen LogP) is 0.874. The molecule has 0 aliphatic rings. The van der Waals surface area contributed by atoms with Gasteiger partial charge in [-0.2, -0.15) is 0 Å². The fraction of sp³-hybridized carbons (Fsp3) is 0.500. The average molecular weight is 340 g/mol. The smallest absolute Gasteiger partial charge is 0.317 e. The van der Waals surface area contributed by atoms with Crippen LogP contribution in [0, 0.1) is 0 Å². The van der Waals surface area contributed by atoms with Crippen molar-refractivity contribution in [2.45, 2.75) is 19.4 Å². The number of thioether (sulfide) groups is 1. The monoisotopic (exact) mass is 340 g/mol. The van der Waals surface area contributed by atoms with Crippen LogP contribution >= 0.6 is 11.8 Å². The SMILES string of the molecule is CC(=O)SCC(Cc1ccccc1)NC(=O)N(CCO)CCO. The summed E-state index contributed by atoms with van der Waals surface area (Å²) < 4.78 is 0. The molecule has 2 amide bonds. The predicted molar refractivity (Wildman–Crippen MR) is 91.3 cm³/mol. The third-order valence-electron chi connectivity index (χ3n) is 3.17. The lowest BCUT2D eigenvalue weighted by Crippen LogP contribution is -2.48. The molecule has 0 fully saturated rings. The third kappa shape index (κ3) is 8.01. The van der Waals surface area contributed by atoms with Gasteiger partial charge in [0.1, 0.15) is 0 Å². The highest BCUT2D eigenvalue weighted by atomic mass is 32.2. The van der Waals surface area contributed by atoms with E-state index in [1.807, 2.05) is 30.3 Å². The molecule has 0 bridgehead atoms. The van der Waals surface area contributed by atoms with Gasteiger partial charge in [0.25, 0.3) is 0 Å². The second-order valence-electron chi connectivity index (χ2n) is 5.07. The topological polar surface area (TPSA) is 89.9 Å². The molecule has 1 aromatic rings. The van der Waals surface area contributed by atoms with Gasteiger partial charge in [-0.3, -0.25) is 4.79 Å². The lowest BCUT2D eigenvalue weighted by Gasteiger charge is -2.25. The van der Waals surface area contributed by atoms with Crippen LogP contribution in [-0.4, -0.2) is 64.4 Å². The number of nitrogens with zero attached hydrogens (tertiary/aromatic N) is 1. The molecule has 1 unspecified atom stereocenters. The number of aliphatic hydroxyl groups is 2. The third-order valence-corrected chi connectivity index (χ3v) is 4.14. The minimum absolute atomic E-state index is 0.000108.